The van der Waals surface area contributed by atoms with E-state index >= 15 is 0 Å². The zero-order valence-electron chi connectivity index (χ0n) is 31.2. The Morgan fingerprint density at radius 3 is 1.21 bits per heavy atom. The lowest BCUT2D eigenvalue weighted by Crippen LogP contribution is -1.97. The highest BCUT2D eigenvalue weighted by Crippen LogP contribution is 2.49. The van der Waals surface area contributed by atoms with E-state index in [-0.39, 0.29) is 16.3 Å². The number of rotatable bonds is 5. The summed E-state index contributed by atoms with van der Waals surface area (Å²) in [6.45, 7) is 8.20. The molecule has 56 heavy (non-hydrogen) atoms. The summed E-state index contributed by atoms with van der Waals surface area (Å²) in [6.07, 6.45) is 4.15. The fraction of sp³-hybridized carbons (Fsp3) is 0.0833. The van der Waals surface area contributed by atoms with Gasteiger partial charge in [0.1, 0.15) is 4.62 Å². The van der Waals surface area contributed by atoms with Crippen LogP contribution in [0.4, 0.5) is 11.4 Å². The van der Waals surface area contributed by atoms with Crippen molar-refractivity contribution in [2.24, 2.45) is 4.99 Å². The lowest BCUT2D eigenvalue weighted by molar-refractivity contribution is -0.383. The number of aromatic amines is 2. The van der Waals surface area contributed by atoms with Crippen LogP contribution in [0.3, 0.4) is 0 Å². The van der Waals surface area contributed by atoms with E-state index in [1.54, 1.807) is 0 Å². The number of hydrogen-bond acceptors (Lipinski definition) is 4. The van der Waals surface area contributed by atoms with E-state index in [4.69, 9.17) is 9.98 Å². The van der Waals surface area contributed by atoms with Crippen molar-refractivity contribution in [3.63, 3.8) is 0 Å². The number of aliphatic imine (C=N–C) groups is 1. The minimum atomic E-state index is -0.302. The predicted octanol–water partition coefficient (Wildman–Crippen LogP) is 13.4. The molecule has 3 aromatic heterocycles. The maximum Gasteiger partial charge on any atom is 0.306 e. The Kier molecular flexibility index (Phi) is 8.70. The van der Waals surface area contributed by atoms with Gasteiger partial charge in [0, 0.05) is 44.3 Å². The highest BCUT2D eigenvalue weighted by molar-refractivity contribution is 9.18. The zero-order valence-corrected chi connectivity index (χ0v) is 32.8. The molecule has 5 heterocycles. The standard InChI is InChI=1S/C48H36BrN5O2/c1-27-5-13-31(14-6-27)41-35-21-22-36(50-35)42(32-15-7-28(2)8-16-32)38-24-26-40(52-38)44(34-19-11-30(4)12-20-34)46-47(54(55)56)45(48(49)53-46)43(39-25-23-37(41)51-39)33-17-9-29(3)10-18-33/h5-26,51-52H,1-4H3. The van der Waals surface area contributed by atoms with Crippen molar-refractivity contribution in [3.05, 3.63) is 171 Å². The van der Waals surface area contributed by atoms with E-state index in [0.29, 0.717) is 32.3 Å². The monoisotopic (exact) mass is 793 g/mol. The molecule has 7 nitrogen and oxygen atoms in total. The molecule has 8 heteroatoms. The minimum absolute atomic E-state index is 0.0895. The van der Waals surface area contributed by atoms with E-state index in [9.17, 15) is 10.1 Å². The van der Waals surface area contributed by atoms with Crippen molar-refractivity contribution in [3.8, 4) is 44.5 Å². The first-order valence-electron chi connectivity index (χ1n) is 18.4. The first-order valence-corrected chi connectivity index (χ1v) is 19.2. The van der Waals surface area contributed by atoms with Gasteiger partial charge in [-0.1, -0.05) is 119 Å². The molecule has 0 saturated heterocycles. The smallest absolute Gasteiger partial charge is 0.306 e. The number of H-pyrrole nitrogens is 2. The van der Waals surface area contributed by atoms with E-state index in [1.807, 2.05) is 86.6 Å². The summed E-state index contributed by atoms with van der Waals surface area (Å²) in [5, 5.41) is 13.6. The summed E-state index contributed by atoms with van der Waals surface area (Å²) in [7, 11) is 0. The Morgan fingerprint density at radius 2 is 0.821 bits per heavy atom. The summed E-state index contributed by atoms with van der Waals surface area (Å²) in [4.78, 5) is 31.0. The molecule has 0 unspecified atom stereocenters. The maximum atomic E-state index is 13.6. The third-order valence-electron chi connectivity index (χ3n) is 10.5. The number of fused-ring (bicyclic) bond motifs is 8. The van der Waals surface area contributed by atoms with Crippen LogP contribution in [0.15, 0.2) is 126 Å². The summed E-state index contributed by atoms with van der Waals surface area (Å²) in [5.41, 5.74) is 16.4. The molecule has 0 fully saturated rings. The van der Waals surface area contributed by atoms with Crippen LogP contribution in [-0.4, -0.2) is 24.5 Å². The van der Waals surface area contributed by atoms with E-state index in [2.05, 4.69) is 100 Å². The predicted molar refractivity (Wildman–Crippen MR) is 235 cm³/mol. The van der Waals surface area contributed by atoms with Crippen molar-refractivity contribution in [2.45, 2.75) is 27.7 Å². The number of halogens is 1. The van der Waals surface area contributed by atoms with E-state index in [1.165, 1.54) is 0 Å². The Bertz CT molecular complexity index is 2950. The molecule has 0 saturated carbocycles. The number of benzene rings is 4. The van der Waals surface area contributed by atoms with Crippen molar-refractivity contribution >= 4 is 66.1 Å². The molecule has 8 bridgehead atoms. The molecule has 0 spiro atoms. The second kappa shape index (κ2) is 13.9. The highest BCUT2D eigenvalue weighted by atomic mass is 79.9. The normalized spacial score (nSPS) is 12.2. The topological polar surface area (TPSA) is 100.0 Å². The molecule has 0 aliphatic carbocycles. The Balaban J connectivity index is 1.54. The van der Waals surface area contributed by atoms with Gasteiger partial charge < -0.3 is 9.97 Å². The van der Waals surface area contributed by atoms with Gasteiger partial charge in [-0.05, 0) is 102 Å². The average molecular weight is 795 g/mol. The molecule has 0 amide bonds. The SMILES string of the molecule is Cc1ccc(-c2c3nc(c(-c4ccc(C)cc4)c4ccc([nH]4)c(-c4ccc(C)cc4)c4c([N+](=O)[O-])c(c(-c5ccc(C)cc5)c5ccc2[nH]5)N=C4Br)C=C3)cc1. The summed E-state index contributed by atoms with van der Waals surface area (Å²) < 4.78 is 0.378. The van der Waals surface area contributed by atoms with Crippen molar-refractivity contribution in [1.29, 1.82) is 0 Å². The van der Waals surface area contributed by atoms with E-state index < -0.39 is 0 Å². The first kappa shape index (κ1) is 35.1. The van der Waals surface area contributed by atoms with Gasteiger partial charge in [0.05, 0.1) is 21.9 Å². The quantitative estimate of drug-likeness (QED) is 0.134. The van der Waals surface area contributed by atoms with Crippen LogP contribution >= 0.6 is 15.9 Å². The Hall–Kier alpha value is -6.64. The summed E-state index contributed by atoms with van der Waals surface area (Å²) >= 11 is 3.75. The first-order chi connectivity index (χ1) is 27.1. The van der Waals surface area contributed by atoms with Gasteiger partial charge in [-0.15, -0.1) is 0 Å². The summed E-state index contributed by atoms with van der Waals surface area (Å²) in [6, 6.07) is 41.0. The number of hydrogen-bond donors (Lipinski definition) is 2. The van der Waals surface area contributed by atoms with Crippen LogP contribution in [-0.2, 0) is 0 Å². The fourth-order valence-corrected chi connectivity index (χ4v) is 8.19. The van der Waals surface area contributed by atoms with Gasteiger partial charge in [-0.25, -0.2) is 9.98 Å². The third-order valence-corrected chi connectivity index (χ3v) is 11.1. The van der Waals surface area contributed by atoms with Gasteiger partial charge in [-0.2, -0.15) is 0 Å². The van der Waals surface area contributed by atoms with Crippen molar-refractivity contribution < 1.29 is 4.92 Å². The zero-order chi connectivity index (χ0) is 38.7. The summed E-state index contributed by atoms with van der Waals surface area (Å²) in [5.74, 6) is 0. The van der Waals surface area contributed by atoms with Gasteiger partial charge >= 0.3 is 5.69 Å². The number of nitrogens with zero attached hydrogens (tertiary/aromatic N) is 3. The number of aromatic nitrogens is 3. The van der Waals surface area contributed by atoms with Gasteiger partial charge in [0.25, 0.3) is 0 Å². The molecule has 4 aromatic carbocycles. The second-order valence-electron chi connectivity index (χ2n) is 14.5. The van der Waals surface area contributed by atoms with Gasteiger partial charge in [0.15, 0.2) is 5.69 Å². The van der Waals surface area contributed by atoms with Crippen LogP contribution < -0.4 is 0 Å². The van der Waals surface area contributed by atoms with Crippen LogP contribution in [0.5, 0.6) is 0 Å². The highest BCUT2D eigenvalue weighted by Gasteiger charge is 2.34. The number of nitro groups is 1. The Morgan fingerprint density at radius 1 is 0.482 bits per heavy atom. The lowest BCUT2D eigenvalue weighted by Gasteiger charge is -2.08. The fourth-order valence-electron chi connectivity index (χ4n) is 7.63. The third kappa shape index (κ3) is 6.18. The van der Waals surface area contributed by atoms with Crippen molar-refractivity contribution in [1.82, 2.24) is 15.0 Å². The molecule has 272 valence electrons. The van der Waals surface area contributed by atoms with Crippen molar-refractivity contribution in [2.75, 3.05) is 0 Å². The van der Waals surface area contributed by atoms with Crippen LogP contribution in [0.1, 0.15) is 39.2 Å². The largest absolute Gasteiger partial charge is 0.354 e. The molecular weight excluding hydrogens is 758 g/mol. The number of nitrogens with one attached hydrogen (secondary N) is 2. The molecule has 0 atom stereocenters. The Labute approximate surface area is 332 Å². The maximum absolute atomic E-state index is 13.6. The minimum Gasteiger partial charge on any atom is -0.354 e. The molecule has 7 aromatic rings. The molecule has 9 rings (SSSR count). The van der Waals surface area contributed by atoms with Crippen LogP contribution in [0.25, 0.3) is 78.7 Å². The molecule has 2 aliphatic heterocycles. The van der Waals surface area contributed by atoms with Gasteiger partial charge in [-0.3, -0.25) is 10.1 Å². The van der Waals surface area contributed by atoms with Gasteiger partial charge in [0.2, 0.25) is 0 Å². The molecule has 2 N–H and O–H groups in total. The number of aryl methyl sites for hydroxylation is 4. The molecular formula is C48H36BrN5O2. The van der Waals surface area contributed by atoms with E-state index in [0.717, 1.165) is 78.1 Å². The lowest BCUT2D eigenvalue weighted by atomic mass is 9.98. The molecule has 0 radical (unpaired) electrons. The van der Waals surface area contributed by atoms with Crippen LogP contribution in [0, 0.1) is 37.8 Å². The second-order valence-corrected chi connectivity index (χ2v) is 15.2. The van der Waals surface area contributed by atoms with Crippen LogP contribution in [0.2, 0.25) is 0 Å². The average Bonchev–Trinajstić information content (AvgIpc) is 4.01. The molecule has 2 aliphatic rings.